The maximum Gasteiger partial charge on any atom is 0.242 e. The molecule has 1 atom stereocenters. The second-order valence-electron chi connectivity index (χ2n) is 4.35. The highest BCUT2D eigenvalue weighted by Crippen LogP contribution is 2.13. The van der Waals surface area contributed by atoms with E-state index >= 15 is 0 Å². The van der Waals surface area contributed by atoms with E-state index in [9.17, 15) is 8.42 Å². The molecule has 98 valence electrons. The van der Waals surface area contributed by atoms with Crippen molar-refractivity contribution in [3.05, 3.63) is 18.0 Å². The van der Waals surface area contributed by atoms with Gasteiger partial charge in [0, 0.05) is 32.0 Å². The number of hydrogen-bond acceptors (Lipinski definition) is 3. The Morgan fingerprint density at radius 1 is 1.53 bits per heavy atom. The predicted molar refractivity (Wildman–Crippen MR) is 67.9 cm³/mol. The van der Waals surface area contributed by atoms with Crippen LogP contribution in [0.4, 0.5) is 0 Å². The molecule has 17 heavy (non-hydrogen) atoms. The van der Waals surface area contributed by atoms with E-state index in [4.69, 9.17) is 5.73 Å². The normalized spacial score (nSPS) is 13.9. The van der Waals surface area contributed by atoms with Crippen LogP contribution in [0.5, 0.6) is 0 Å². The minimum Gasteiger partial charge on any atom is -0.352 e. The Morgan fingerprint density at radius 3 is 2.65 bits per heavy atom. The molecule has 1 aromatic rings. The van der Waals surface area contributed by atoms with Crippen LogP contribution < -0.4 is 10.5 Å². The predicted octanol–water partition coefficient (Wildman–Crippen LogP) is 0.808. The third-order valence-corrected chi connectivity index (χ3v) is 4.31. The second-order valence-corrected chi connectivity index (χ2v) is 6.11. The molecule has 6 heteroatoms. The average molecular weight is 259 g/mol. The number of rotatable bonds is 6. The van der Waals surface area contributed by atoms with Crippen molar-refractivity contribution in [1.29, 1.82) is 0 Å². The van der Waals surface area contributed by atoms with Crippen LogP contribution in [0.3, 0.4) is 0 Å². The van der Waals surface area contributed by atoms with Gasteiger partial charge in [0.15, 0.2) is 0 Å². The summed E-state index contributed by atoms with van der Waals surface area (Å²) in [6, 6.07) is 1.61. The highest BCUT2D eigenvalue weighted by atomic mass is 32.2. The van der Waals surface area contributed by atoms with E-state index in [1.165, 1.54) is 0 Å². The van der Waals surface area contributed by atoms with E-state index in [1.807, 2.05) is 13.8 Å². The van der Waals surface area contributed by atoms with Gasteiger partial charge in [0.2, 0.25) is 10.0 Å². The molecular formula is C11H21N3O2S. The number of hydrogen-bond donors (Lipinski definition) is 2. The van der Waals surface area contributed by atoms with E-state index in [0.29, 0.717) is 19.0 Å². The monoisotopic (exact) mass is 259 g/mol. The molecule has 0 saturated carbocycles. The Hall–Kier alpha value is -0.850. The summed E-state index contributed by atoms with van der Waals surface area (Å²) in [7, 11) is -1.62. The van der Waals surface area contributed by atoms with Crippen molar-refractivity contribution in [2.75, 3.05) is 6.54 Å². The van der Waals surface area contributed by atoms with Crippen molar-refractivity contribution in [3.63, 3.8) is 0 Å². The van der Waals surface area contributed by atoms with Gasteiger partial charge >= 0.3 is 0 Å². The lowest BCUT2D eigenvalue weighted by atomic mass is 10.1. The molecule has 1 rings (SSSR count). The first-order valence-corrected chi connectivity index (χ1v) is 7.24. The maximum atomic E-state index is 12.0. The van der Waals surface area contributed by atoms with Crippen LogP contribution in [-0.4, -0.2) is 19.5 Å². The summed E-state index contributed by atoms with van der Waals surface area (Å²) < 4.78 is 28.3. The first-order chi connectivity index (χ1) is 7.90. The van der Waals surface area contributed by atoms with Gasteiger partial charge in [-0.05, 0) is 12.0 Å². The Bertz CT molecular complexity index is 465. The number of nitrogens with two attached hydrogens (primary N) is 1. The lowest BCUT2D eigenvalue weighted by Crippen LogP contribution is -2.28. The zero-order chi connectivity index (χ0) is 13.1. The van der Waals surface area contributed by atoms with Gasteiger partial charge in [0.05, 0.1) is 4.90 Å². The molecule has 0 amide bonds. The van der Waals surface area contributed by atoms with E-state index in [2.05, 4.69) is 4.72 Å². The molecule has 0 radical (unpaired) electrons. The van der Waals surface area contributed by atoms with Gasteiger partial charge in [-0.15, -0.1) is 0 Å². The van der Waals surface area contributed by atoms with E-state index in [-0.39, 0.29) is 4.90 Å². The molecule has 0 spiro atoms. The van der Waals surface area contributed by atoms with Crippen molar-refractivity contribution >= 4 is 10.0 Å². The second kappa shape index (κ2) is 5.66. The van der Waals surface area contributed by atoms with Gasteiger partial charge in [-0.2, -0.15) is 0 Å². The number of aryl methyl sites for hydroxylation is 1. The lowest BCUT2D eigenvalue weighted by Gasteiger charge is -2.09. The van der Waals surface area contributed by atoms with E-state index < -0.39 is 10.0 Å². The van der Waals surface area contributed by atoms with E-state index in [1.54, 1.807) is 23.9 Å². The standard InChI is InChI=1S/C11H21N3O2S/c1-4-9(2)7-13-17(15,16)11-5-10(6-12)14(3)8-11/h5,8-9,13H,4,6-7,12H2,1-3H3. The average Bonchev–Trinajstić information content (AvgIpc) is 2.68. The summed E-state index contributed by atoms with van der Waals surface area (Å²) in [5.41, 5.74) is 6.31. The van der Waals surface area contributed by atoms with Crippen molar-refractivity contribution in [2.24, 2.45) is 18.7 Å². The van der Waals surface area contributed by atoms with Crippen molar-refractivity contribution in [2.45, 2.75) is 31.7 Å². The van der Waals surface area contributed by atoms with Gasteiger partial charge < -0.3 is 10.3 Å². The zero-order valence-electron chi connectivity index (χ0n) is 10.6. The van der Waals surface area contributed by atoms with Crippen LogP contribution in [0.1, 0.15) is 26.0 Å². The molecule has 5 nitrogen and oxygen atoms in total. The first-order valence-electron chi connectivity index (χ1n) is 5.75. The molecule has 0 fully saturated rings. The van der Waals surface area contributed by atoms with Crippen LogP contribution in [0.2, 0.25) is 0 Å². The fourth-order valence-corrected chi connectivity index (χ4v) is 2.67. The lowest BCUT2D eigenvalue weighted by molar-refractivity contribution is 0.528. The maximum absolute atomic E-state index is 12.0. The number of sulfonamides is 1. The third-order valence-electron chi connectivity index (χ3n) is 2.92. The molecule has 0 aliphatic carbocycles. The molecule has 1 unspecified atom stereocenters. The Kier molecular flexibility index (Phi) is 4.73. The highest BCUT2D eigenvalue weighted by molar-refractivity contribution is 7.89. The molecule has 3 N–H and O–H groups in total. The summed E-state index contributed by atoms with van der Waals surface area (Å²) in [5.74, 6) is 0.336. The summed E-state index contributed by atoms with van der Waals surface area (Å²) in [4.78, 5) is 0.281. The molecule has 0 saturated heterocycles. The summed E-state index contributed by atoms with van der Waals surface area (Å²) >= 11 is 0. The molecule has 1 aromatic heterocycles. The largest absolute Gasteiger partial charge is 0.352 e. The van der Waals surface area contributed by atoms with Gasteiger partial charge in [-0.3, -0.25) is 0 Å². The van der Waals surface area contributed by atoms with Crippen LogP contribution in [0, 0.1) is 5.92 Å². The molecule has 0 aromatic carbocycles. The van der Waals surface area contributed by atoms with Crippen molar-refractivity contribution in [3.8, 4) is 0 Å². The van der Waals surface area contributed by atoms with Gasteiger partial charge in [0.25, 0.3) is 0 Å². The van der Waals surface area contributed by atoms with Gasteiger partial charge in [-0.25, -0.2) is 13.1 Å². The van der Waals surface area contributed by atoms with Crippen LogP contribution in [-0.2, 0) is 23.6 Å². The van der Waals surface area contributed by atoms with Crippen molar-refractivity contribution < 1.29 is 8.42 Å². The number of nitrogens with one attached hydrogen (secondary N) is 1. The zero-order valence-corrected chi connectivity index (χ0v) is 11.4. The fourth-order valence-electron chi connectivity index (χ4n) is 1.41. The minimum atomic E-state index is -3.40. The Balaban J connectivity index is 2.82. The summed E-state index contributed by atoms with van der Waals surface area (Å²) in [5, 5.41) is 0. The quantitative estimate of drug-likeness (QED) is 0.793. The fraction of sp³-hybridized carbons (Fsp3) is 0.636. The molecular weight excluding hydrogens is 238 g/mol. The first kappa shape index (κ1) is 14.2. The minimum absolute atomic E-state index is 0.281. The third kappa shape index (κ3) is 3.55. The smallest absolute Gasteiger partial charge is 0.242 e. The highest BCUT2D eigenvalue weighted by Gasteiger charge is 2.17. The van der Waals surface area contributed by atoms with Crippen LogP contribution >= 0.6 is 0 Å². The molecule has 0 aliphatic heterocycles. The van der Waals surface area contributed by atoms with Crippen molar-refractivity contribution in [1.82, 2.24) is 9.29 Å². The van der Waals surface area contributed by atoms with E-state index in [0.717, 1.165) is 12.1 Å². The SMILES string of the molecule is CCC(C)CNS(=O)(=O)c1cc(CN)n(C)c1. The van der Waals surface area contributed by atoms with Gasteiger partial charge in [0.1, 0.15) is 0 Å². The van der Waals surface area contributed by atoms with Crippen LogP contribution in [0.25, 0.3) is 0 Å². The molecule has 0 bridgehead atoms. The molecule has 1 heterocycles. The Labute approximate surface area is 103 Å². The number of nitrogens with zero attached hydrogens (tertiary/aromatic N) is 1. The topological polar surface area (TPSA) is 77.1 Å². The Morgan fingerprint density at radius 2 is 2.18 bits per heavy atom. The molecule has 0 aliphatic rings. The summed E-state index contributed by atoms with van der Waals surface area (Å²) in [6.45, 7) is 4.84. The van der Waals surface area contributed by atoms with Gasteiger partial charge in [-0.1, -0.05) is 20.3 Å². The number of aromatic nitrogens is 1. The summed E-state index contributed by atoms with van der Waals surface area (Å²) in [6.07, 6.45) is 2.53. The van der Waals surface area contributed by atoms with Crippen LogP contribution in [0.15, 0.2) is 17.2 Å².